The number of rotatable bonds is 7. The van der Waals surface area contributed by atoms with Crippen molar-refractivity contribution in [3.63, 3.8) is 0 Å². The Kier molecular flexibility index (Phi) is 10.3. The summed E-state index contributed by atoms with van der Waals surface area (Å²) in [4.78, 5) is 24.1. The molecule has 2 heterocycles. The smallest absolute Gasteiger partial charge is 0.309 e. The topological polar surface area (TPSA) is 126 Å². The first kappa shape index (κ1) is 29.2. The van der Waals surface area contributed by atoms with Crippen molar-refractivity contribution in [3.8, 4) is 0 Å². The minimum Gasteiger partial charge on any atom is -0.457 e. The van der Waals surface area contributed by atoms with Crippen LogP contribution in [0.5, 0.6) is 0 Å². The van der Waals surface area contributed by atoms with Gasteiger partial charge >= 0.3 is 11.9 Å². The van der Waals surface area contributed by atoms with E-state index in [4.69, 9.17) is 14.2 Å². The van der Waals surface area contributed by atoms with Crippen LogP contribution in [0.15, 0.2) is 36.0 Å². The number of cyclic esters (lactones) is 1. The summed E-state index contributed by atoms with van der Waals surface area (Å²) in [7, 11) is 0. The van der Waals surface area contributed by atoms with Gasteiger partial charge in [-0.25, -0.2) is 0 Å². The molecule has 35 heavy (non-hydrogen) atoms. The Hall–Kier alpha value is -2.00. The fourth-order valence-corrected chi connectivity index (χ4v) is 4.32. The number of hydrogen-bond acceptors (Lipinski definition) is 8. The third-order valence-corrected chi connectivity index (χ3v) is 6.58. The van der Waals surface area contributed by atoms with Crippen LogP contribution in [0.3, 0.4) is 0 Å². The van der Waals surface area contributed by atoms with Crippen LogP contribution in [0.4, 0.5) is 0 Å². The molecule has 0 saturated carbocycles. The number of aliphatic hydroxyl groups is 3. The fraction of sp³-hybridized carbons (Fsp3) is 0.704. The van der Waals surface area contributed by atoms with Crippen molar-refractivity contribution in [3.05, 3.63) is 36.0 Å². The quantitative estimate of drug-likeness (QED) is 0.213. The van der Waals surface area contributed by atoms with E-state index in [2.05, 4.69) is 6.92 Å². The molecule has 0 aliphatic carbocycles. The molecule has 0 aromatic rings. The van der Waals surface area contributed by atoms with Gasteiger partial charge in [0, 0.05) is 19.3 Å². The number of esters is 2. The molecule has 1 fully saturated rings. The summed E-state index contributed by atoms with van der Waals surface area (Å²) in [5, 5.41) is 31.9. The van der Waals surface area contributed by atoms with E-state index in [1.54, 1.807) is 44.2 Å². The maximum absolute atomic E-state index is 12.5. The van der Waals surface area contributed by atoms with Crippen molar-refractivity contribution >= 4 is 11.9 Å². The second-order valence-corrected chi connectivity index (χ2v) is 10.4. The number of allylic oxidation sites excluding steroid dienone is 2. The van der Waals surface area contributed by atoms with Gasteiger partial charge in [0.15, 0.2) is 0 Å². The highest BCUT2D eigenvalue weighted by Crippen LogP contribution is 2.33. The van der Waals surface area contributed by atoms with E-state index in [-0.39, 0.29) is 37.4 Å². The lowest BCUT2D eigenvalue weighted by Crippen LogP contribution is -2.42. The zero-order valence-electron chi connectivity index (χ0n) is 21.8. The highest BCUT2D eigenvalue weighted by Gasteiger charge is 2.41. The maximum atomic E-state index is 12.5. The summed E-state index contributed by atoms with van der Waals surface area (Å²) < 4.78 is 16.6. The number of carbonyl (C=O) groups is 2. The molecule has 8 nitrogen and oxygen atoms in total. The van der Waals surface area contributed by atoms with Crippen LogP contribution in [0.1, 0.15) is 73.6 Å². The van der Waals surface area contributed by atoms with Gasteiger partial charge in [0.05, 0.1) is 30.3 Å². The van der Waals surface area contributed by atoms with Gasteiger partial charge in [-0.1, -0.05) is 38.2 Å². The van der Waals surface area contributed by atoms with E-state index in [9.17, 15) is 24.9 Å². The minimum atomic E-state index is -1.41. The van der Waals surface area contributed by atoms with E-state index in [0.717, 1.165) is 12.0 Å². The van der Waals surface area contributed by atoms with E-state index in [1.165, 1.54) is 6.92 Å². The van der Waals surface area contributed by atoms with Gasteiger partial charge in [-0.3, -0.25) is 9.59 Å². The monoisotopic (exact) mass is 494 g/mol. The zero-order valence-corrected chi connectivity index (χ0v) is 21.8. The predicted molar refractivity (Wildman–Crippen MR) is 131 cm³/mol. The highest BCUT2D eigenvalue weighted by molar-refractivity contribution is 5.70. The Balaban J connectivity index is 2.23. The van der Waals surface area contributed by atoms with Crippen LogP contribution < -0.4 is 0 Å². The van der Waals surface area contributed by atoms with E-state index < -0.39 is 41.5 Å². The second kappa shape index (κ2) is 12.3. The lowest BCUT2D eigenvalue weighted by molar-refractivity contribution is -0.157. The SMILES string of the molecule is CC[C@H]1O[C@H]1C[C@](C)(O)/C=C/C=C(\C)[C@@H]1OC(=O)C[C@H](O)CC[C@](C)(O)[C@@H](OC(C)=O)/C=C/[C@@H]1C. The molecule has 198 valence electrons. The summed E-state index contributed by atoms with van der Waals surface area (Å²) in [5.74, 6) is -1.39. The summed E-state index contributed by atoms with van der Waals surface area (Å²) >= 11 is 0. The summed E-state index contributed by atoms with van der Waals surface area (Å²) in [5.41, 5.74) is -1.71. The molecule has 0 amide bonds. The summed E-state index contributed by atoms with van der Waals surface area (Å²) in [6, 6.07) is 0. The standard InChI is InChI=1S/C27H42O8/c1-7-21-22(34-21)16-26(5,31)13-8-9-17(2)25-18(3)10-11-23(33-19(4)28)27(6,32)14-12-20(29)15-24(30)35-25/h8-11,13,18,20-23,25,29,31-32H,7,12,14-16H2,1-6H3/b11-10+,13-8+,17-9+/t18-,20+,21+,22-,23-,25-,26+,27-/m0/s1. The third kappa shape index (κ3) is 9.52. The lowest BCUT2D eigenvalue weighted by atomic mass is 9.88. The van der Waals surface area contributed by atoms with Crippen molar-refractivity contribution in [1.82, 2.24) is 0 Å². The Labute approximate surface area is 208 Å². The van der Waals surface area contributed by atoms with E-state index >= 15 is 0 Å². The Bertz CT molecular complexity index is 825. The van der Waals surface area contributed by atoms with Crippen LogP contribution >= 0.6 is 0 Å². The zero-order chi connectivity index (χ0) is 26.4. The third-order valence-electron chi connectivity index (χ3n) is 6.58. The maximum Gasteiger partial charge on any atom is 0.309 e. The number of aliphatic hydroxyl groups excluding tert-OH is 1. The summed E-state index contributed by atoms with van der Waals surface area (Å²) in [6.45, 7) is 10.3. The van der Waals surface area contributed by atoms with Crippen molar-refractivity contribution in [1.29, 1.82) is 0 Å². The fourth-order valence-electron chi connectivity index (χ4n) is 4.32. The molecule has 0 spiro atoms. The van der Waals surface area contributed by atoms with Crippen molar-refractivity contribution in [2.24, 2.45) is 5.92 Å². The van der Waals surface area contributed by atoms with Gasteiger partial charge in [-0.2, -0.15) is 0 Å². The Morgan fingerprint density at radius 2 is 2.00 bits per heavy atom. The van der Waals surface area contributed by atoms with Crippen LogP contribution in [-0.2, 0) is 23.8 Å². The van der Waals surface area contributed by atoms with Crippen LogP contribution in [0.2, 0.25) is 0 Å². The van der Waals surface area contributed by atoms with Gasteiger partial charge in [0.1, 0.15) is 17.8 Å². The Morgan fingerprint density at radius 1 is 1.31 bits per heavy atom. The van der Waals surface area contributed by atoms with Gasteiger partial charge < -0.3 is 29.5 Å². The lowest BCUT2D eigenvalue weighted by Gasteiger charge is -2.32. The molecule has 0 unspecified atom stereocenters. The second-order valence-electron chi connectivity index (χ2n) is 10.4. The average molecular weight is 495 g/mol. The largest absolute Gasteiger partial charge is 0.457 e. The molecular weight excluding hydrogens is 452 g/mol. The molecule has 0 aromatic carbocycles. The average Bonchev–Trinajstić information content (AvgIpc) is 3.49. The van der Waals surface area contributed by atoms with Crippen LogP contribution in [0.25, 0.3) is 0 Å². The van der Waals surface area contributed by atoms with Gasteiger partial charge in [-0.15, -0.1) is 0 Å². The molecule has 2 rings (SSSR count). The Morgan fingerprint density at radius 3 is 2.60 bits per heavy atom. The van der Waals surface area contributed by atoms with Crippen LogP contribution in [-0.4, -0.2) is 69.0 Å². The first-order valence-electron chi connectivity index (χ1n) is 12.4. The first-order valence-corrected chi connectivity index (χ1v) is 12.4. The molecule has 0 bridgehead atoms. The van der Waals surface area contributed by atoms with Crippen molar-refractivity contribution in [2.45, 2.75) is 115 Å². The molecule has 0 radical (unpaired) electrons. The molecule has 0 aromatic heterocycles. The normalized spacial score (nSPS) is 37.5. The number of epoxide rings is 1. The molecule has 2 aliphatic rings. The first-order chi connectivity index (χ1) is 16.2. The van der Waals surface area contributed by atoms with Gasteiger partial charge in [0.2, 0.25) is 0 Å². The molecule has 2 aliphatic heterocycles. The number of hydrogen-bond donors (Lipinski definition) is 3. The molecular formula is C27H42O8. The molecule has 3 N–H and O–H groups in total. The predicted octanol–water partition coefficient (Wildman–Crippen LogP) is 3.14. The van der Waals surface area contributed by atoms with E-state index in [1.807, 2.05) is 13.8 Å². The number of carbonyl (C=O) groups excluding carboxylic acids is 2. The van der Waals surface area contributed by atoms with Gasteiger partial charge in [0.25, 0.3) is 0 Å². The number of ether oxygens (including phenoxy) is 3. The molecule has 8 atom stereocenters. The molecule has 1 saturated heterocycles. The summed E-state index contributed by atoms with van der Waals surface area (Å²) in [6.07, 6.45) is 7.77. The highest BCUT2D eigenvalue weighted by atomic mass is 16.6. The van der Waals surface area contributed by atoms with Gasteiger partial charge in [-0.05, 0) is 51.7 Å². The van der Waals surface area contributed by atoms with Crippen LogP contribution in [0, 0.1) is 5.92 Å². The minimum absolute atomic E-state index is 0.0657. The van der Waals surface area contributed by atoms with Crippen molar-refractivity contribution < 1.29 is 39.1 Å². The molecule has 8 heteroatoms. The van der Waals surface area contributed by atoms with Crippen molar-refractivity contribution in [2.75, 3.05) is 0 Å². The van der Waals surface area contributed by atoms with E-state index in [0.29, 0.717) is 6.42 Å².